The smallest absolute Gasteiger partial charge is 0.348 e. The van der Waals surface area contributed by atoms with Crippen LogP contribution in [0.5, 0.6) is 0 Å². The van der Waals surface area contributed by atoms with Crippen LogP contribution in [0.3, 0.4) is 0 Å². The van der Waals surface area contributed by atoms with E-state index < -0.39 is 5.69 Å². The minimum absolute atomic E-state index is 0.0930. The molecule has 9 heteroatoms. The van der Waals surface area contributed by atoms with E-state index in [4.69, 9.17) is 0 Å². The summed E-state index contributed by atoms with van der Waals surface area (Å²) in [6.45, 7) is 7.59. The summed E-state index contributed by atoms with van der Waals surface area (Å²) in [7, 11) is 0. The Morgan fingerprint density at radius 3 is 2.67 bits per heavy atom. The molecule has 0 aliphatic carbocycles. The third-order valence-electron chi connectivity index (χ3n) is 4.42. The van der Waals surface area contributed by atoms with E-state index in [1.54, 1.807) is 19.9 Å². The number of thiophene rings is 1. The predicted octanol–water partition coefficient (Wildman–Crippen LogP) is 1.13. The molecule has 3 aromatic heterocycles. The Hall–Kier alpha value is -2.81. The molecule has 0 unspecified atom stereocenters. The monoisotopic (exact) mass is 387 g/mol. The van der Waals surface area contributed by atoms with Gasteiger partial charge in [-0.2, -0.15) is 4.98 Å². The number of nitrogens with one attached hydrogen (secondary N) is 2. The Morgan fingerprint density at radius 1 is 1.22 bits per heavy atom. The summed E-state index contributed by atoms with van der Waals surface area (Å²) in [6.07, 6.45) is 0.396. The Labute approximate surface area is 159 Å². The standard InChI is InChI=1S/C18H21N5O3S/c1-9-7-10(2)23(18(26)20-9)8-14(24)19-6-5-13-21-16(25)15-11(3)12(4)27-17(15)22-13/h7H,5-6,8H2,1-4H3,(H,19,24)(H,21,22,25). The number of carbonyl (C=O) groups excluding carboxylic acids is 1. The summed E-state index contributed by atoms with van der Waals surface area (Å²) in [5, 5.41) is 3.38. The van der Waals surface area contributed by atoms with Gasteiger partial charge in [-0.15, -0.1) is 11.3 Å². The summed E-state index contributed by atoms with van der Waals surface area (Å²) in [4.78, 5) is 49.2. The molecule has 0 atom stereocenters. The summed E-state index contributed by atoms with van der Waals surface area (Å²) >= 11 is 1.49. The molecule has 0 aromatic carbocycles. The number of nitrogens with zero attached hydrogens (tertiary/aromatic N) is 3. The molecule has 0 fully saturated rings. The van der Waals surface area contributed by atoms with Gasteiger partial charge in [0.1, 0.15) is 17.2 Å². The third-order valence-corrected chi connectivity index (χ3v) is 5.52. The number of aromatic nitrogens is 4. The van der Waals surface area contributed by atoms with Crippen LogP contribution in [-0.4, -0.2) is 32.0 Å². The minimum atomic E-state index is -0.442. The number of hydrogen-bond donors (Lipinski definition) is 2. The molecule has 0 aliphatic heterocycles. The van der Waals surface area contributed by atoms with Crippen LogP contribution in [0.2, 0.25) is 0 Å². The Morgan fingerprint density at radius 2 is 1.96 bits per heavy atom. The van der Waals surface area contributed by atoms with Crippen molar-refractivity contribution in [1.82, 2.24) is 24.8 Å². The van der Waals surface area contributed by atoms with E-state index in [-0.39, 0.29) is 18.0 Å². The van der Waals surface area contributed by atoms with E-state index in [0.717, 1.165) is 10.4 Å². The first-order chi connectivity index (χ1) is 12.8. The first kappa shape index (κ1) is 19.0. The van der Waals surface area contributed by atoms with Crippen LogP contribution in [0.25, 0.3) is 10.2 Å². The van der Waals surface area contributed by atoms with Gasteiger partial charge in [-0.1, -0.05) is 0 Å². The van der Waals surface area contributed by atoms with Gasteiger partial charge in [0.05, 0.1) is 5.39 Å². The number of hydrogen-bond acceptors (Lipinski definition) is 6. The molecule has 1 amide bonds. The molecule has 3 aromatic rings. The van der Waals surface area contributed by atoms with Crippen molar-refractivity contribution in [3.8, 4) is 0 Å². The maximum Gasteiger partial charge on any atom is 0.348 e. The topological polar surface area (TPSA) is 110 Å². The molecule has 27 heavy (non-hydrogen) atoms. The number of aryl methyl sites for hydroxylation is 4. The van der Waals surface area contributed by atoms with Crippen LogP contribution >= 0.6 is 11.3 Å². The molecule has 0 radical (unpaired) electrons. The first-order valence-corrected chi connectivity index (χ1v) is 9.38. The van der Waals surface area contributed by atoms with Crippen molar-refractivity contribution < 1.29 is 4.79 Å². The Balaban J connectivity index is 1.65. The summed E-state index contributed by atoms with van der Waals surface area (Å²) in [5.74, 6) is 0.233. The molecule has 0 aliphatic rings. The van der Waals surface area contributed by atoms with Crippen LogP contribution in [0.1, 0.15) is 27.7 Å². The lowest BCUT2D eigenvalue weighted by molar-refractivity contribution is -0.121. The number of H-pyrrole nitrogens is 1. The number of rotatable bonds is 5. The van der Waals surface area contributed by atoms with Gasteiger partial charge in [0.2, 0.25) is 5.91 Å². The highest BCUT2D eigenvalue weighted by atomic mass is 32.1. The van der Waals surface area contributed by atoms with Gasteiger partial charge in [-0.05, 0) is 39.3 Å². The average molecular weight is 387 g/mol. The van der Waals surface area contributed by atoms with Gasteiger partial charge >= 0.3 is 5.69 Å². The number of amides is 1. The van der Waals surface area contributed by atoms with Crippen molar-refractivity contribution in [3.63, 3.8) is 0 Å². The van der Waals surface area contributed by atoms with Crippen LogP contribution in [0.15, 0.2) is 15.7 Å². The fourth-order valence-corrected chi connectivity index (χ4v) is 3.95. The lowest BCUT2D eigenvalue weighted by atomic mass is 10.2. The molecule has 0 bridgehead atoms. The SMILES string of the molecule is Cc1cc(C)n(CC(=O)NCCc2nc3sc(C)c(C)c3c(=O)[nH]2)c(=O)n1. The van der Waals surface area contributed by atoms with Crippen LogP contribution < -0.4 is 16.6 Å². The molecule has 142 valence electrons. The van der Waals surface area contributed by atoms with Crippen molar-refractivity contribution in [1.29, 1.82) is 0 Å². The van der Waals surface area contributed by atoms with E-state index in [1.165, 1.54) is 15.9 Å². The van der Waals surface area contributed by atoms with Crippen molar-refractivity contribution in [2.45, 2.75) is 40.7 Å². The highest BCUT2D eigenvalue weighted by Crippen LogP contribution is 2.25. The molecule has 8 nitrogen and oxygen atoms in total. The van der Waals surface area contributed by atoms with Gasteiger partial charge in [0, 0.05) is 29.2 Å². The van der Waals surface area contributed by atoms with Gasteiger partial charge in [0.15, 0.2) is 0 Å². The zero-order valence-corrected chi connectivity index (χ0v) is 16.5. The van der Waals surface area contributed by atoms with E-state index in [1.807, 2.05) is 13.8 Å². The van der Waals surface area contributed by atoms with E-state index >= 15 is 0 Å². The van der Waals surface area contributed by atoms with Gasteiger partial charge in [0.25, 0.3) is 5.56 Å². The van der Waals surface area contributed by atoms with Crippen molar-refractivity contribution in [2.75, 3.05) is 6.54 Å². The second-order valence-corrected chi connectivity index (χ2v) is 7.69. The summed E-state index contributed by atoms with van der Waals surface area (Å²) in [6, 6.07) is 1.75. The quantitative estimate of drug-likeness (QED) is 0.682. The number of carbonyl (C=O) groups is 1. The lowest BCUT2D eigenvalue weighted by Gasteiger charge is -2.10. The molecular formula is C18H21N5O3S. The van der Waals surface area contributed by atoms with Crippen molar-refractivity contribution >= 4 is 27.5 Å². The van der Waals surface area contributed by atoms with Gasteiger partial charge < -0.3 is 10.3 Å². The Bertz CT molecular complexity index is 1140. The molecule has 0 saturated heterocycles. The normalized spacial score (nSPS) is 11.1. The Kier molecular flexibility index (Phi) is 5.22. The predicted molar refractivity (Wildman–Crippen MR) is 104 cm³/mol. The minimum Gasteiger partial charge on any atom is -0.354 e. The zero-order valence-electron chi connectivity index (χ0n) is 15.7. The molecule has 3 rings (SSSR count). The zero-order chi connectivity index (χ0) is 19.7. The summed E-state index contributed by atoms with van der Waals surface area (Å²) in [5.41, 5.74) is 1.66. The van der Waals surface area contributed by atoms with Crippen LogP contribution in [0, 0.1) is 27.7 Å². The van der Waals surface area contributed by atoms with Crippen LogP contribution in [-0.2, 0) is 17.8 Å². The fraction of sp³-hybridized carbons (Fsp3) is 0.389. The summed E-state index contributed by atoms with van der Waals surface area (Å²) < 4.78 is 1.33. The van der Waals surface area contributed by atoms with E-state index in [0.29, 0.717) is 40.4 Å². The number of aromatic amines is 1. The fourth-order valence-electron chi connectivity index (χ4n) is 2.90. The third kappa shape index (κ3) is 3.97. The second kappa shape index (κ2) is 7.43. The maximum absolute atomic E-state index is 12.3. The molecular weight excluding hydrogens is 366 g/mol. The van der Waals surface area contributed by atoms with Crippen molar-refractivity contribution in [2.24, 2.45) is 0 Å². The van der Waals surface area contributed by atoms with Gasteiger partial charge in [-0.25, -0.2) is 9.78 Å². The highest BCUT2D eigenvalue weighted by molar-refractivity contribution is 7.18. The van der Waals surface area contributed by atoms with Crippen molar-refractivity contribution in [3.05, 3.63) is 54.6 Å². The maximum atomic E-state index is 12.3. The number of fused-ring (bicyclic) bond motifs is 1. The van der Waals surface area contributed by atoms with Crippen LogP contribution in [0.4, 0.5) is 0 Å². The first-order valence-electron chi connectivity index (χ1n) is 8.57. The molecule has 0 spiro atoms. The lowest BCUT2D eigenvalue weighted by Crippen LogP contribution is -2.35. The van der Waals surface area contributed by atoms with E-state index in [2.05, 4.69) is 20.3 Å². The highest BCUT2D eigenvalue weighted by Gasteiger charge is 2.12. The molecule has 0 saturated carbocycles. The molecule has 2 N–H and O–H groups in total. The van der Waals surface area contributed by atoms with E-state index in [9.17, 15) is 14.4 Å². The van der Waals surface area contributed by atoms with Gasteiger partial charge in [-0.3, -0.25) is 14.2 Å². The molecule has 3 heterocycles. The average Bonchev–Trinajstić information content (AvgIpc) is 2.85. The largest absolute Gasteiger partial charge is 0.354 e. The second-order valence-electron chi connectivity index (χ2n) is 6.48.